The van der Waals surface area contributed by atoms with E-state index < -0.39 is 0 Å². The lowest BCUT2D eigenvalue weighted by molar-refractivity contribution is -0.121. The number of methoxy groups -OCH3 is 3. The predicted octanol–water partition coefficient (Wildman–Crippen LogP) is 4.38. The van der Waals surface area contributed by atoms with Gasteiger partial charge in [-0.1, -0.05) is 18.2 Å². The van der Waals surface area contributed by atoms with Gasteiger partial charge in [0.15, 0.2) is 11.5 Å². The van der Waals surface area contributed by atoms with Crippen molar-refractivity contribution in [2.75, 3.05) is 39.7 Å². The zero-order valence-corrected chi connectivity index (χ0v) is 24.9. The van der Waals surface area contributed by atoms with Crippen molar-refractivity contribution in [1.82, 2.24) is 10.6 Å². The summed E-state index contributed by atoms with van der Waals surface area (Å²) in [6, 6.07) is 6.82. The number of ether oxygens (including phenoxy) is 3. The third-order valence-corrected chi connectivity index (χ3v) is 8.79. The number of nitrogens with one attached hydrogen (secondary N) is 3. The topological polar surface area (TPSA) is 115 Å². The number of amides is 2. The van der Waals surface area contributed by atoms with Crippen LogP contribution in [0.3, 0.4) is 0 Å². The van der Waals surface area contributed by atoms with Crippen LogP contribution in [0.25, 0.3) is 11.1 Å². The van der Waals surface area contributed by atoms with Crippen molar-refractivity contribution >= 4 is 17.5 Å². The molecule has 5 rings (SSSR count). The van der Waals surface area contributed by atoms with Crippen LogP contribution < -0.4 is 35.6 Å². The quantitative estimate of drug-likeness (QED) is 0.269. The molecule has 9 heteroatoms. The minimum Gasteiger partial charge on any atom is -0.493 e. The Hall–Kier alpha value is -4.01. The predicted molar refractivity (Wildman–Crippen MR) is 162 cm³/mol. The molecule has 0 aromatic heterocycles. The maximum atomic E-state index is 13.4. The van der Waals surface area contributed by atoms with Crippen molar-refractivity contribution in [3.8, 4) is 28.4 Å². The smallest absolute Gasteiger partial charge is 0.220 e. The summed E-state index contributed by atoms with van der Waals surface area (Å²) < 4.78 is 17.1. The first-order valence-electron chi connectivity index (χ1n) is 14.8. The van der Waals surface area contributed by atoms with E-state index in [1.54, 1.807) is 33.5 Å². The van der Waals surface area contributed by atoms with Crippen LogP contribution in [0.15, 0.2) is 41.2 Å². The Labute approximate surface area is 247 Å². The van der Waals surface area contributed by atoms with Crippen molar-refractivity contribution in [3.63, 3.8) is 0 Å². The van der Waals surface area contributed by atoms with Gasteiger partial charge in [-0.15, -0.1) is 0 Å². The van der Waals surface area contributed by atoms with E-state index in [2.05, 4.69) is 28.1 Å². The highest BCUT2D eigenvalue weighted by atomic mass is 16.5. The summed E-state index contributed by atoms with van der Waals surface area (Å²) in [6.45, 7) is 2.69. The molecule has 4 atom stereocenters. The molecule has 1 fully saturated rings. The van der Waals surface area contributed by atoms with E-state index in [4.69, 9.17) is 14.2 Å². The van der Waals surface area contributed by atoms with Crippen LogP contribution in [0.1, 0.15) is 56.2 Å². The van der Waals surface area contributed by atoms with Gasteiger partial charge in [0.1, 0.15) is 0 Å². The van der Waals surface area contributed by atoms with Crippen LogP contribution in [-0.2, 0) is 16.0 Å². The molecule has 2 amide bonds. The summed E-state index contributed by atoms with van der Waals surface area (Å²) in [5, 5.41) is 9.35. The highest BCUT2D eigenvalue weighted by Crippen LogP contribution is 2.50. The lowest BCUT2D eigenvalue weighted by Crippen LogP contribution is -2.31. The molecule has 224 valence electrons. The number of carbonyl (C=O) groups is 2. The first-order valence-corrected chi connectivity index (χ1v) is 14.8. The molecule has 9 nitrogen and oxygen atoms in total. The van der Waals surface area contributed by atoms with Gasteiger partial charge in [-0.3, -0.25) is 14.4 Å². The van der Waals surface area contributed by atoms with Gasteiger partial charge in [0, 0.05) is 32.0 Å². The van der Waals surface area contributed by atoms with Crippen molar-refractivity contribution < 1.29 is 23.8 Å². The number of allylic oxidation sites excluding steroid dienone is 2. The van der Waals surface area contributed by atoms with Crippen molar-refractivity contribution in [2.24, 2.45) is 17.8 Å². The van der Waals surface area contributed by atoms with Gasteiger partial charge in [0.2, 0.25) is 23.0 Å². The standard InChI is InChI=1S/C33H41N3O6/c1-19(37)36-26-11-9-22-16-29(40-2)32(41-3)33(42-4)31(22)24-10-12-27(28(38)17-25(24)26)34-13-5-6-30(39)35-18-23-15-20-7-8-21(23)14-20/h7-8,10,12,16-17,20-21,23,26H,5-6,9,11,13-15,18H2,1-4H3,(H,34,38)(H,35,39)(H,36,37)/t20?,21?,23?,26-/m0/s1. The van der Waals surface area contributed by atoms with Crippen LogP contribution in [0.4, 0.5) is 5.69 Å². The molecule has 0 saturated heterocycles. The molecule has 3 N–H and O–H groups in total. The second kappa shape index (κ2) is 12.9. The van der Waals surface area contributed by atoms with Crippen molar-refractivity contribution in [2.45, 2.75) is 51.5 Å². The summed E-state index contributed by atoms with van der Waals surface area (Å²) in [6.07, 6.45) is 9.23. The van der Waals surface area contributed by atoms with Gasteiger partial charge in [0.05, 0.1) is 33.1 Å². The molecule has 2 aromatic rings. The van der Waals surface area contributed by atoms with Crippen LogP contribution in [0.5, 0.6) is 17.2 Å². The largest absolute Gasteiger partial charge is 0.493 e. The fraction of sp³-hybridized carbons (Fsp3) is 0.485. The molecule has 3 aliphatic rings. The van der Waals surface area contributed by atoms with Crippen molar-refractivity contribution in [1.29, 1.82) is 0 Å². The Morgan fingerprint density at radius 2 is 1.81 bits per heavy atom. The average Bonchev–Trinajstić information content (AvgIpc) is 3.53. The molecule has 3 aliphatic carbocycles. The fourth-order valence-electron chi connectivity index (χ4n) is 6.79. The van der Waals surface area contributed by atoms with Crippen LogP contribution in [0, 0.1) is 17.8 Å². The minimum atomic E-state index is -0.367. The van der Waals surface area contributed by atoms with E-state index >= 15 is 0 Å². The molecule has 1 saturated carbocycles. The monoisotopic (exact) mass is 575 g/mol. The lowest BCUT2D eigenvalue weighted by Gasteiger charge is -2.19. The molecule has 3 unspecified atom stereocenters. The van der Waals surface area contributed by atoms with Gasteiger partial charge in [-0.05, 0) is 84.7 Å². The van der Waals surface area contributed by atoms with Crippen LogP contribution in [0.2, 0.25) is 0 Å². The number of aryl methyl sites for hydroxylation is 1. The maximum absolute atomic E-state index is 13.4. The lowest BCUT2D eigenvalue weighted by atomic mass is 9.93. The number of rotatable bonds is 11. The molecule has 0 radical (unpaired) electrons. The second-order valence-corrected chi connectivity index (χ2v) is 11.5. The molecular formula is C33H41N3O6. The van der Waals surface area contributed by atoms with Gasteiger partial charge in [-0.2, -0.15) is 0 Å². The van der Waals surface area contributed by atoms with E-state index in [0.717, 1.165) is 23.2 Å². The number of benzene rings is 1. The Kier molecular flexibility index (Phi) is 9.04. The summed E-state index contributed by atoms with van der Waals surface area (Å²) in [7, 11) is 4.72. The first-order chi connectivity index (χ1) is 20.3. The third-order valence-electron chi connectivity index (χ3n) is 8.79. The molecular weight excluding hydrogens is 534 g/mol. The number of carbonyl (C=O) groups excluding carboxylic acids is 2. The number of anilines is 1. The van der Waals surface area contributed by atoms with E-state index in [1.807, 2.05) is 12.1 Å². The molecule has 42 heavy (non-hydrogen) atoms. The summed E-state index contributed by atoms with van der Waals surface area (Å²) >= 11 is 0. The third kappa shape index (κ3) is 6.10. The van der Waals surface area contributed by atoms with Crippen LogP contribution >= 0.6 is 0 Å². The maximum Gasteiger partial charge on any atom is 0.220 e. The van der Waals surface area contributed by atoms with Gasteiger partial charge >= 0.3 is 0 Å². The Morgan fingerprint density at radius 3 is 2.48 bits per heavy atom. The highest BCUT2D eigenvalue weighted by Gasteiger charge is 2.35. The second-order valence-electron chi connectivity index (χ2n) is 11.5. The average molecular weight is 576 g/mol. The van der Waals surface area contributed by atoms with Gasteiger partial charge < -0.3 is 30.2 Å². The normalized spacial score (nSPS) is 21.5. The Bertz CT molecular complexity index is 1440. The first kappa shape index (κ1) is 29.5. The molecule has 2 bridgehead atoms. The minimum absolute atomic E-state index is 0.0439. The Morgan fingerprint density at radius 1 is 1.00 bits per heavy atom. The van der Waals surface area contributed by atoms with Gasteiger partial charge in [0.25, 0.3) is 0 Å². The number of hydrogen-bond donors (Lipinski definition) is 3. The molecule has 0 spiro atoms. The number of hydrogen-bond acceptors (Lipinski definition) is 7. The zero-order valence-electron chi connectivity index (χ0n) is 24.9. The molecule has 0 heterocycles. The van der Waals surface area contributed by atoms with Crippen LogP contribution in [-0.4, -0.2) is 46.2 Å². The highest BCUT2D eigenvalue weighted by molar-refractivity contribution is 5.83. The Balaban J connectivity index is 1.35. The summed E-state index contributed by atoms with van der Waals surface area (Å²) in [5.41, 5.74) is 3.51. The van der Waals surface area contributed by atoms with E-state index in [9.17, 15) is 14.4 Å². The fourth-order valence-corrected chi connectivity index (χ4v) is 6.79. The SMILES string of the molecule is COc1cc2c(c(OC)c1OC)-c1ccc(NCCCC(=O)NCC3CC4C=CC3C4)c(=O)cc1[C@@H](NC(C)=O)CC2. The summed E-state index contributed by atoms with van der Waals surface area (Å²) in [4.78, 5) is 38.0. The van der Waals surface area contributed by atoms with Crippen molar-refractivity contribution in [3.05, 3.63) is 57.8 Å². The van der Waals surface area contributed by atoms with E-state index in [-0.39, 0.29) is 23.3 Å². The van der Waals surface area contributed by atoms with E-state index in [0.29, 0.717) is 78.5 Å². The molecule has 2 aromatic carbocycles. The van der Waals surface area contributed by atoms with Gasteiger partial charge in [-0.25, -0.2) is 0 Å². The number of fused-ring (bicyclic) bond motifs is 5. The zero-order chi connectivity index (χ0) is 29.8. The van der Waals surface area contributed by atoms with E-state index in [1.165, 1.54) is 19.8 Å². The summed E-state index contributed by atoms with van der Waals surface area (Å²) in [5.74, 6) is 3.25. The molecule has 0 aliphatic heterocycles.